The molecule has 0 radical (unpaired) electrons. The van der Waals surface area contributed by atoms with Gasteiger partial charge in [0.25, 0.3) is 0 Å². The summed E-state index contributed by atoms with van der Waals surface area (Å²) >= 11 is 6.79. The lowest BCUT2D eigenvalue weighted by atomic mass is 9.94. The normalized spacial score (nSPS) is 16.9. The topological polar surface area (TPSA) is 80.6 Å². The number of anilines is 1. The summed E-state index contributed by atoms with van der Waals surface area (Å²) in [5.41, 5.74) is -1.27. The van der Waals surface area contributed by atoms with Crippen LogP contribution in [0.25, 0.3) is 27.7 Å². The van der Waals surface area contributed by atoms with Crippen LogP contribution < -0.4 is 15.3 Å². The van der Waals surface area contributed by atoms with Crippen LogP contribution in [0.1, 0.15) is 36.6 Å². The van der Waals surface area contributed by atoms with Crippen molar-refractivity contribution < 1.29 is 31.5 Å². The quantitative estimate of drug-likeness (QED) is 0.185. The highest BCUT2D eigenvalue weighted by Crippen LogP contribution is 2.50. The van der Waals surface area contributed by atoms with Gasteiger partial charge in [0.05, 0.1) is 22.3 Å². The molecule has 0 aliphatic carbocycles. The summed E-state index contributed by atoms with van der Waals surface area (Å²) in [6.45, 7) is 8.35. The smallest absolute Gasteiger partial charge is 0.397 e. The number of benzene rings is 2. The molecule has 2 aromatic carbocycles. The fraction of sp³-hybridized carbons (Fsp3) is 0.312. The van der Waals surface area contributed by atoms with Gasteiger partial charge in [0.1, 0.15) is 17.9 Å². The highest BCUT2D eigenvalue weighted by Gasteiger charge is 2.41. The van der Waals surface area contributed by atoms with Gasteiger partial charge in [-0.2, -0.15) is 18.2 Å². The standard InChI is InChI=1S/C32H27ClF5N5O3/c1-5-22(44)41-10-11-42(16(3)13-41)30-19-12-20(33)24-23-18(6-7-21(34)25(23)35)14-46-29(24)28(19)43(31(45)40-30)27-15(2)8-9-39-26(27)17(4)32(36,37)38/h5-9,12,16-17H,1,10-11,13-14H2,2-4H3/t16-,17?/m0/s1. The van der Waals surface area contributed by atoms with Crippen LogP contribution in [0.5, 0.6) is 5.75 Å². The lowest BCUT2D eigenvalue weighted by molar-refractivity contribution is -0.147. The third-order valence-corrected chi connectivity index (χ3v) is 8.83. The molecule has 4 heterocycles. The van der Waals surface area contributed by atoms with E-state index in [0.717, 1.165) is 17.6 Å². The molecule has 2 aliphatic rings. The average Bonchev–Trinajstić information content (AvgIpc) is 3.01. The molecule has 2 atom stereocenters. The Kier molecular flexibility index (Phi) is 7.78. The Morgan fingerprint density at radius 2 is 1.93 bits per heavy atom. The van der Waals surface area contributed by atoms with E-state index in [1.165, 1.54) is 37.4 Å². The zero-order valence-corrected chi connectivity index (χ0v) is 25.6. The largest absolute Gasteiger partial charge is 0.486 e. The van der Waals surface area contributed by atoms with Crippen LogP contribution >= 0.6 is 11.6 Å². The third kappa shape index (κ3) is 4.97. The van der Waals surface area contributed by atoms with Crippen molar-refractivity contribution in [2.75, 3.05) is 24.5 Å². The van der Waals surface area contributed by atoms with Crippen molar-refractivity contribution in [1.82, 2.24) is 19.4 Å². The molecule has 2 aromatic heterocycles. The van der Waals surface area contributed by atoms with Crippen molar-refractivity contribution in [3.05, 3.63) is 87.1 Å². The number of hydrogen-bond acceptors (Lipinski definition) is 6. The Balaban J connectivity index is 1.72. The maximum atomic E-state index is 15.4. The summed E-state index contributed by atoms with van der Waals surface area (Å²) in [5, 5.41) is 0.161. The first kappa shape index (κ1) is 31.5. The highest BCUT2D eigenvalue weighted by molar-refractivity contribution is 6.35. The zero-order valence-electron chi connectivity index (χ0n) is 24.9. The van der Waals surface area contributed by atoms with Gasteiger partial charge in [-0.15, -0.1) is 0 Å². The van der Waals surface area contributed by atoms with Crippen molar-refractivity contribution >= 4 is 34.2 Å². The minimum absolute atomic E-state index is 0.0350. The van der Waals surface area contributed by atoms with Gasteiger partial charge in [0, 0.05) is 53.9 Å². The maximum Gasteiger partial charge on any atom is 0.397 e. The molecule has 1 saturated heterocycles. The maximum absolute atomic E-state index is 15.4. The number of carbonyl (C=O) groups is 1. The van der Waals surface area contributed by atoms with Gasteiger partial charge >= 0.3 is 11.9 Å². The second-order valence-corrected chi connectivity index (χ2v) is 11.8. The molecule has 8 nitrogen and oxygen atoms in total. The van der Waals surface area contributed by atoms with Crippen LogP contribution in [0.15, 0.2) is 47.9 Å². The van der Waals surface area contributed by atoms with E-state index < -0.39 is 35.1 Å². The lowest BCUT2D eigenvalue weighted by Gasteiger charge is -2.40. The summed E-state index contributed by atoms with van der Waals surface area (Å²) in [5.74, 6) is -4.66. The zero-order chi connectivity index (χ0) is 33.2. The lowest BCUT2D eigenvalue weighted by Crippen LogP contribution is -2.54. The fourth-order valence-electron chi connectivity index (χ4n) is 6.17. The first-order valence-electron chi connectivity index (χ1n) is 14.3. The summed E-state index contributed by atoms with van der Waals surface area (Å²) < 4.78 is 79.4. The highest BCUT2D eigenvalue weighted by atomic mass is 35.5. The van der Waals surface area contributed by atoms with Crippen molar-refractivity contribution in [2.45, 2.75) is 45.5 Å². The predicted octanol–water partition coefficient (Wildman–Crippen LogP) is 6.47. The Bertz CT molecular complexity index is 2000. The van der Waals surface area contributed by atoms with E-state index in [0.29, 0.717) is 0 Å². The molecule has 4 aromatic rings. The minimum atomic E-state index is -4.71. The van der Waals surface area contributed by atoms with Gasteiger partial charge in [-0.1, -0.05) is 24.2 Å². The van der Waals surface area contributed by atoms with Gasteiger partial charge in [-0.3, -0.25) is 14.3 Å². The van der Waals surface area contributed by atoms with E-state index in [2.05, 4.69) is 16.5 Å². The molecule has 0 saturated carbocycles. The Hall–Kier alpha value is -4.52. The Morgan fingerprint density at radius 1 is 1.20 bits per heavy atom. The molecule has 6 rings (SSSR count). The first-order chi connectivity index (χ1) is 21.7. The van der Waals surface area contributed by atoms with Crippen molar-refractivity contribution in [3.8, 4) is 22.6 Å². The Labute approximate surface area is 264 Å². The van der Waals surface area contributed by atoms with Crippen molar-refractivity contribution in [1.29, 1.82) is 0 Å². The molecule has 1 fully saturated rings. The molecule has 0 bridgehead atoms. The van der Waals surface area contributed by atoms with Gasteiger partial charge in [0.15, 0.2) is 17.4 Å². The second kappa shape index (κ2) is 11.4. The van der Waals surface area contributed by atoms with Crippen molar-refractivity contribution in [2.24, 2.45) is 0 Å². The average molecular weight is 660 g/mol. The number of hydrogen-bond donors (Lipinski definition) is 0. The number of rotatable bonds is 4. The second-order valence-electron chi connectivity index (χ2n) is 11.4. The number of ether oxygens (including phenoxy) is 1. The van der Waals surface area contributed by atoms with Crippen molar-refractivity contribution in [3.63, 3.8) is 0 Å². The number of nitrogens with zero attached hydrogens (tertiary/aromatic N) is 5. The van der Waals surface area contributed by atoms with Crippen LogP contribution in [0.4, 0.5) is 27.8 Å². The molecular weight excluding hydrogens is 633 g/mol. The Morgan fingerprint density at radius 3 is 2.61 bits per heavy atom. The molecule has 240 valence electrons. The SMILES string of the molecule is C=CC(=O)N1CCN(c2nc(=O)n(-c3c(C)ccnc3C(C)C(F)(F)F)c3c4c(c(Cl)cc23)-c2c(ccc(F)c2F)CO4)[C@@H](C)C1. The minimum Gasteiger partial charge on any atom is -0.486 e. The number of piperazine rings is 1. The van der Waals surface area contributed by atoms with E-state index in [1.807, 2.05) is 6.92 Å². The third-order valence-electron chi connectivity index (χ3n) is 8.53. The number of halogens is 6. The molecule has 1 amide bonds. The number of amides is 1. The molecule has 0 spiro atoms. The number of fused-ring (bicyclic) bond motifs is 5. The molecule has 2 aliphatic heterocycles. The van der Waals surface area contributed by atoms with E-state index in [1.54, 1.807) is 9.80 Å². The van der Waals surface area contributed by atoms with E-state index in [4.69, 9.17) is 16.3 Å². The summed E-state index contributed by atoms with van der Waals surface area (Å²) in [4.78, 5) is 38.2. The predicted molar refractivity (Wildman–Crippen MR) is 163 cm³/mol. The van der Waals surface area contributed by atoms with Gasteiger partial charge in [-0.25, -0.2) is 13.6 Å². The summed E-state index contributed by atoms with van der Waals surface area (Å²) in [7, 11) is 0. The molecule has 14 heteroatoms. The van der Waals surface area contributed by atoms with Crippen LogP contribution in [-0.4, -0.2) is 57.2 Å². The van der Waals surface area contributed by atoms with Gasteiger partial charge < -0.3 is 14.5 Å². The van der Waals surface area contributed by atoms with E-state index >= 15 is 4.39 Å². The number of aromatic nitrogens is 3. The molecular formula is C32H27ClF5N5O3. The van der Waals surface area contributed by atoms with Crippen LogP contribution in [0.2, 0.25) is 5.02 Å². The van der Waals surface area contributed by atoms with Gasteiger partial charge in [-0.05, 0) is 50.6 Å². The van der Waals surface area contributed by atoms with Crippen LogP contribution in [0.3, 0.4) is 0 Å². The number of alkyl halides is 3. The van der Waals surface area contributed by atoms with E-state index in [-0.39, 0.29) is 93.6 Å². The number of pyridine rings is 1. The number of carbonyl (C=O) groups excluding carboxylic acids is 1. The van der Waals surface area contributed by atoms with Gasteiger partial charge in [0.2, 0.25) is 5.91 Å². The van der Waals surface area contributed by atoms with E-state index in [9.17, 15) is 27.2 Å². The van der Waals surface area contributed by atoms with Crippen LogP contribution in [-0.2, 0) is 11.4 Å². The summed E-state index contributed by atoms with van der Waals surface area (Å²) in [6.07, 6.45) is -2.29. The summed E-state index contributed by atoms with van der Waals surface area (Å²) in [6, 6.07) is 4.82. The monoisotopic (exact) mass is 659 g/mol. The fourth-order valence-corrected chi connectivity index (χ4v) is 6.46. The van der Waals surface area contributed by atoms with Crippen LogP contribution in [0, 0.1) is 18.6 Å². The first-order valence-corrected chi connectivity index (χ1v) is 14.7. The molecule has 1 unspecified atom stereocenters. The number of aryl methyl sites for hydroxylation is 1. The molecule has 0 N–H and O–H groups in total. The molecule has 46 heavy (non-hydrogen) atoms.